The van der Waals surface area contributed by atoms with E-state index in [9.17, 15) is 13.2 Å². The van der Waals surface area contributed by atoms with Gasteiger partial charge < -0.3 is 4.74 Å². The van der Waals surface area contributed by atoms with Crippen molar-refractivity contribution in [3.63, 3.8) is 0 Å². The fourth-order valence-corrected chi connectivity index (χ4v) is 2.66. The highest BCUT2D eigenvalue weighted by molar-refractivity contribution is 9.09. The highest BCUT2D eigenvalue weighted by Crippen LogP contribution is 2.26. The maximum atomic E-state index is 12.0. The van der Waals surface area contributed by atoms with Crippen molar-refractivity contribution in [3.8, 4) is 0 Å². The first-order chi connectivity index (χ1) is 7.49. The molecule has 1 aliphatic carbocycles. The van der Waals surface area contributed by atoms with Crippen molar-refractivity contribution >= 4 is 15.9 Å². The molecule has 96 valence electrons. The molecule has 0 spiro atoms. The van der Waals surface area contributed by atoms with Crippen molar-refractivity contribution in [3.05, 3.63) is 0 Å². The van der Waals surface area contributed by atoms with E-state index in [1.165, 1.54) is 12.8 Å². The van der Waals surface area contributed by atoms with Gasteiger partial charge in [-0.3, -0.25) is 0 Å². The van der Waals surface area contributed by atoms with Crippen LogP contribution in [0.25, 0.3) is 0 Å². The van der Waals surface area contributed by atoms with Crippen LogP contribution in [-0.4, -0.2) is 23.7 Å². The highest BCUT2D eigenvalue weighted by atomic mass is 79.9. The summed E-state index contributed by atoms with van der Waals surface area (Å²) in [5.41, 5.74) is 0. The number of alkyl halides is 4. The summed E-state index contributed by atoms with van der Waals surface area (Å²) in [5.74, 6) is 0. The SMILES string of the molecule is FC(F)(F)CCOC1CCCCCCC1Br. The fourth-order valence-electron chi connectivity index (χ4n) is 1.92. The zero-order chi connectivity index (χ0) is 12.0. The third kappa shape index (κ3) is 6.09. The second kappa shape index (κ2) is 6.84. The van der Waals surface area contributed by atoms with E-state index < -0.39 is 12.6 Å². The summed E-state index contributed by atoms with van der Waals surface area (Å²) < 4.78 is 41.2. The highest BCUT2D eigenvalue weighted by Gasteiger charge is 2.28. The van der Waals surface area contributed by atoms with Gasteiger partial charge >= 0.3 is 6.18 Å². The van der Waals surface area contributed by atoms with Crippen LogP contribution in [0.15, 0.2) is 0 Å². The van der Waals surface area contributed by atoms with Gasteiger partial charge in [-0.1, -0.05) is 41.6 Å². The lowest BCUT2D eigenvalue weighted by molar-refractivity contribution is -0.149. The molecule has 1 saturated carbocycles. The van der Waals surface area contributed by atoms with E-state index in [1.807, 2.05) is 0 Å². The van der Waals surface area contributed by atoms with E-state index in [-0.39, 0.29) is 17.5 Å². The zero-order valence-corrected chi connectivity index (χ0v) is 10.8. The fraction of sp³-hybridized carbons (Fsp3) is 1.00. The first-order valence-corrected chi connectivity index (χ1v) is 6.73. The number of halogens is 4. The van der Waals surface area contributed by atoms with E-state index in [1.54, 1.807) is 0 Å². The van der Waals surface area contributed by atoms with Crippen LogP contribution in [-0.2, 0) is 4.74 Å². The summed E-state index contributed by atoms with van der Waals surface area (Å²) in [6, 6.07) is 0. The molecule has 0 aromatic carbocycles. The lowest BCUT2D eigenvalue weighted by Crippen LogP contribution is -2.27. The summed E-state index contributed by atoms with van der Waals surface area (Å²) in [5, 5.41) is 0. The van der Waals surface area contributed by atoms with E-state index in [0.29, 0.717) is 0 Å². The average molecular weight is 303 g/mol. The molecule has 0 aliphatic heterocycles. The standard InChI is InChI=1S/C11H18BrF3O/c12-9-5-3-1-2-4-6-10(9)16-8-7-11(13,14)15/h9-10H,1-8H2. The van der Waals surface area contributed by atoms with Crippen LogP contribution in [0.5, 0.6) is 0 Å². The van der Waals surface area contributed by atoms with E-state index >= 15 is 0 Å². The van der Waals surface area contributed by atoms with E-state index in [0.717, 1.165) is 25.7 Å². The van der Waals surface area contributed by atoms with E-state index in [2.05, 4.69) is 15.9 Å². The number of rotatable bonds is 3. The molecule has 1 nitrogen and oxygen atoms in total. The van der Waals surface area contributed by atoms with Crippen LogP contribution in [0.3, 0.4) is 0 Å². The summed E-state index contributed by atoms with van der Waals surface area (Å²) in [4.78, 5) is 0.209. The first-order valence-electron chi connectivity index (χ1n) is 5.81. The number of hydrogen-bond donors (Lipinski definition) is 0. The molecule has 0 heterocycles. The molecule has 0 amide bonds. The largest absolute Gasteiger partial charge is 0.391 e. The minimum absolute atomic E-state index is 0.0531. The van der Waals surface area contributed by atoms with Crippen LogP contribution >= 0.6 is 15.9 Å². The second-order valence-corrected chi connectivity index (χ2v) is 5.46. The van der Waals surface area contributed by atoms with Crippen LogP contribution in [0.2, 0.25) is 0 Å². The van der Waals surface area contributed by atoms with Crippen LogP contribution in [0, 0.1) is 0 Å². The summed E-state index contributed by atoms with van der Waals surface area (Å²) in [6.07, 6.45) is 1.43. The van der Waals surface area contributed by atoms with Gasteiger partial charge in [-0.15, -0.1) is 0 Å². The monoisotopic (exact) mass is 302 g/mol. The molecule has 5 heteroatoms. The number of ether oxygens (including phenoxy) is 1. The van der Waals surface area contributed by atoms with Crippen molar-refractivity contribution in [1.82, 2.24) is 0 Å². The second-order valence-electron chi connectivity index (χ2n) is 4.28. The van der Waals surface area contributed by atoms with Crippen molar-refractivity contribution < 1.29 is 17.9 Å². The van der Waals surface area contributed by atoms with Gasteiger partial charge in [-0.25, -0.2) is 0 Å². The Labute approximate surface area is 103 Å². The first kappa shape index (κ1) is 14.3. The molecule has 0 radical (unpaired) electrons. The Balaban J connectivity index is 2.26. The molecule has 0 bridgehead atoms. The predicted octanol–water partition coefficient (Wildman–Crippen LogP) is 4.44. The van der Waals surface area contributed by atoms with Gasteiger partial charge in [-0.05, 0) is 12.8 Å². The van der Waals surface area contributed by atoms with Gasteiger partial charge in [0.05, 0.1) is 19.1 Å². The molecule has 0 aromatic heterocycles. The molecule has 1 fully saturated rings. The van der Waals surface area contributed by atoms with Crippen molar-refractivity contribution in [2.24, 2.45) is 0 Å². The van der Waals surface area contributed by atoms with Gasteiger partial charge in [-0.2, -0.15) is 13.2 Å². The molecule has 0 aromatic rings. The molecule has 0 N–H and O–H groups in total. The van der Waals surface area contributed by atoms with Gasteiger partial charge in [0.1, 0.15) is 0 Å². The molecule has 1 aliphatic rings. The Bertz CT molecular complexity index is 196. The Kier molecular flexibility index (Phi) is 6.11. The minimum Gasteiger partial charge on any atom is -0.377 e. The van der Waals surface area contributed by atoms with Gasteiger partial charge in [0.2, 0.25) is 0 Å². The normalized spacial score (nSPS) is 28.5. The molecule has 1 rings (SSSR count). The maximum Gasteiger partial charge on any atom is 0.391 e. The molecule has 2 unspecified atom stereocenters. The Morgan fingerprint density at radius 1 is 1.06 bits per heavy atom. The summed E-state index contributed by atoms with van der Waals surface area (Å²) in [6.45, 7) is -0.212. The Morgan fingerprint density at radius 3 is 2.31 bits per heavy atom. The molecule has 16 heavy (non-hydrogen) atoms. The van der Waals surface area contributed by atoms with Crippen LogP contribution in [0.1, 0.15) is 44.9 Å². The summed E-state index contributed by atoms with van der Waals surface area (Å²) in [7, 11) is 0. The maximum absolute atomic E-state index is 12.0. The minimum atomic E-state index is -4.11. The third-order valence-corrected chi connectivity index (χ3v) is 3.89. The topological polar surface area (TPSA) is 9.23 Å². The van der Waals surface area contributed by atoms with Crippen LogP contribution in [0.4, 0.5) is 13.2 Å². The summed E-state index contributed by atoms with van der Waals surface area (Å²) >= 11 is 3.51. The van der Waals surface area contributed by atoms with Gasteiger partial charge in [0, 0.05) is 4.83 Å². The van der Waals surface area contributed by atoms with Crippen molar-refractivity contribution in [2.45, 2.75) is 62.1 Å². The lowest BCUT2D eigenvalue weighted by Gasteiger charge is -2.25. The van der Waals surface area contributed by atoms with E-state index in [4.69, 9.17) is 4.74 Å². The van der Waals surface area contributed by atoms with Crippen molar-refractivity contribution in [1.29, 1.82) is 0 Å². The van der Waals surface area contributed by atoms with Gasteiger partial charge in [0.15, 0.2) is 0 Å². The lowest BCUT2D eigenvalue weighted by atomic mass is 9.98. The molecule has 0 saturated heterocycles. The molecule has 2 atom stereocenters. The number of hydrogen-bond acceptors (Lipinski definition) is 1. The average Bonchev–Trinajstić information content (AvgIpc) is 2.15. The molecular formula is C11H18BrF3O. The molecular weight excluding hydrogens is 285 g/mol. The quantitative estimate of drug-likeness (QED) is 0.700. The third-order valence-electron chi connectivity index (χ3n) is 2.84. The zero-order valence-electron chi connectivity index (χ0n) is 9.23. The smallest absolute Gasteiger partial charge is 0.377 e. The Morgan fingerprint density at radius 2 is 1.69 bits per heavy atom. The predicted molar refractivity (Wildman–Crippen MR) is 60.8 cm³/mol. The van der Waals surface area contributed by atoms with Crippen LogP contribution < -0.4 is 0 Å². The van der Waals surface area contributed by atoms with Crippen molar-refractivity contribution in [2.75, 3.05) is 6.61 Å². The Hall–Kier alpha value is 0.230. The van der Waals surface area contributed by atoms with Gasteiger partial charge in [0.25, 0.3) is 0 Å².